The molecule has 0 radical (unpaired) electrons. The summed E-state index contributed by atoms with van der Waals surface area (Å²) in [5, 5.41) is 3.61. The monoisotopic (exact) mass is 243 g/mol. The summed E-state index contributed by atoms with van der Waals surface area (Å²) >= 11 is 0. The van der Waals surface area contributed by atoms with Crippen LogP contribution in [0.5, 0.6) is 0 Å². The Hall–Kier alpha value is -1.35. The van der Waals surface area contributed by atoms with E-state index in [2.05, 4.69) is 54.3 Å². The molecule has 0 saturated carbocycles. The van der Waals surface area contributed by atoms with Crippen LogP contribution in [0.4, 0.5) is 0 Å². The molecule has 96 valence electrons. The van der Waals surface area contributed by atoms with Crippen molar-refractivity contribution in [1.29, 1.82) is 0 Å². The SMILES string of the molecule is CC(C)c1nc2ccc(C3(C)CCCN3)cc2[nH]1. The van der Waals surface area contributed by atoms with Crippen molar-refractivity contribution in [3.63, 3.8) is 0 Å². The molecule has 0 aliphatic carbocycles. The number of nitrogens with one attached hydrogen (secondary N) is 2. The zero-order valence-corrected chi connectivity index (χ0v) is 11.4. The molecule has 2 N–H and O–H groups in total. The predicted molar refractivity (Wildman–Crippen MR) is 74.8 cm³/mol. The van der Waals surface area contributed by atoms with Crippen LogP contribution in [-0.2, 0) is 5.54 Å². The number of aromatic amines is 1. The van der Waals surface area contributed by atoms with Gasteiger partial charge in [-0.3, -0.25) is 0 Å². The van der Waals surface area contributed by atoms with Gasteiger partial charge in [0.2, 0.25) is 0 Å². The molecule has 0 amide bonds. The van der Waals surface area contributed by atoms with Gasteiger partial charge < -0.3 is 10.3 Å². The van der Waals surface area contributed by atoms with Crippen LogP contribution in [0.15, 0.2) is 18.2 Å². The molecule has 0 spiro atoms. The van der Waals surface area contributed by atoms with Gasteiger partial charge in [0.15, 0.2) is 0 Å². The van der Waals surface area contributed by atoms with Gasteiger partial charge in [-0.2, -0.15) is 0 Å². The summed E-state index contributed by atoms with van der Waals surface area (Å²) in [6.07, 6.45) is 2.47. The molecular formula is C15H21N3. The normalized spacial score (nSPS) is 24.2. The minimum Gasteiger partial charge on any atom is -0.342 e. The highest BCUT2D eigenvalue weighted by molar-refractivity contribution is 5.76. The number of H-pyrrole nitrogens is 1. The lowest BCUT2D eigenvalue weighted by Crippen LogP contribution is -2.32. The third-order valence-electron chi connectivity index (χ3n) is 4.05. The Morgan fingerprint density at radius 2 is 2.17 bits per heavy atom. The molecule has 3 rings (SSSR count). The molecule has 1 unspecified atom stereocenters. The van der Waals surface area contributed by atoms with Crippen molar-refractivity contribution in [3.05, 3.63) is 29.6 Å². The van der Waals surface area contributed by atoms with Crippen molar-refractivity contribution in [1.82, 2.24) is 15.3 Å². The molecular weight excluding hydrogens is 222 g/mol. The minimum atomic E-state index is 0.136. The smallest absolute Gasteiger partial charge is 0.109 e. The van der Waals surface area contributed by atoms with Gasteiger partial charge >= 0.3 is 0 Å². The number of aromatic nitrogens is 2. The summed E-state index contributed by atoms with van der Waals surface area (Å²) in [7, 11) is 0. The summed E-state index contributed by atoms with van der Waals surface area (Å²) in [6.45, 7) is 7.74. The largest absolute Gasteiger partial charge is 0.342 e. The van der Waals surface area contributed by atoms with Gasteiger partial charge in [-0.1, -0.05) is 19.9 Å². The molecule has 2 heterocycles. The summed E-state index contributed by atoms with van der Waals surface area (Å²) in [5.41, 5.74) is 3.73. The van der Waals surface area contributed by atoms with Crippen LogP contribution in [-0.4, -0.2) is 16.5 Å². The van der Waals surface area contributed by atoms with Crippen LogP contribution < -0.4 is 5.32 Å². The third-order valence-corrected chi connectivity index (χ3v) is 4.05. The van der Waals surface area contributed by atoms with E-state index in [1.807, 2.05) is 0 Å². The second kappa shape index (κ2) is 4.09. The molecule has 0 bridgehead atoms. The standard InChI is InChI=1S/C15H21N3/c1-10(2)14-17-12-6-5-11(9-13(12)18-14)15(3)7-4-8-16-15/h5-6,9-10,16H,4,7-8H2,1-3H3,(H,17,18). The Balaban J connectivity index is 2.05. The van der Waals surface area contributed by atoms with Crippen molar-refractivity contribution in [2.24, 2.45) is 0 Å². The van der Waals surface area contributed by atoms with Gasteiger partial charge in [-0.15, -0.1) is 0 Å². The molecule has 18 heavy (non-hydrogen) atoms. The average Bonchev–Trinajstić information content (AvgIpc) is 2.94. The van der Waals surface area contributed by atoms with Crippen molar-refractivity contribution < 1.29 is 0 Å². The first-order valence-corrected chi connectivity index (χ1v) is 6.84. The zero-order chi connectivity index (χ0) is 12.8. The minimum absolute atomic E-state index is 0.136. The van der Waals surface area contributed by atoms with Crippen LogP contribution in [0.3, 0.4) is 0 Å². The van der Waals surface area contributed by atoms with Gasteiger partial charge in [-0.25, -0.2) is 4.98 Å². The first-order chi connectivity index (χ1) is 8.58. The van der Waals surface area contributed by atoms with E-state index in [1.54, 1.807) is 0 Å². The molecule has 2 aromatic rings. The fourth-order valence-electron chi connectivity index (χ4n) is 2.79. The maximum atomic E-state index is 4.63. The maximum absolute atomic E-state index is 4.63. The number of hydrogen-bond acceptors (Lipinski definition) is 2. The maximum Gasteiger partial charge on any atom is 0.109 e. The topological polar surface area (TPSA) is 40.7 Å². The number of benzene rings is 1. The molecule has 1 aliphatic rings. The van der Waals surface area contributed by atoms with E-state index < -0.39 is 0 Å². The van der Waals surface area contributed by atoms with Crippen LogP contribution in [0.25, 0.3) is 11.0 Å². The van der Waals surface area contributed by atoms with Crippen LogP contribution in [0.2, 0.25) is 0 Å². The summed E-state index contributed by atoms with van der Waals surface area (Å²) in [6, 6.07) is 6.61. The lowest BCUT2D eigenvalue weighted by molar-refractivity contribution is 0.435. The van der Waals surface area contributed by atoms with Gasteiger partial charge in [-0.05, 0) is 44.0 Å². The first kappa shape index (κ1) is 11.7. The Morgan fingerprint density at radius 3 is 2.83 bits per heavy atom. The number of nitrogens with zero attached hydrogens (tertiary/aromatic N) is 1. The fraction of sp³-hybridized carbons (Fsp3) is 0.533. The van der Waals surface area contributed by atoms with Crippen molar-refractivity contribution in [2.75, 3.05) is 6.54 Å². The molecule has 1 saturated heterocycles. The number of fused-ring (bicyclic) bond motifs is 1. The lowest BCUT2D eigenvalue weighted by Gasteiger charge is -2.24. The summed E-state index contributed by atoms with van der Waals surface area (Å²) < 4.78 is 0. The third kappa shape index (κ3) is 1.83. The van der Waals surface area contributed by atoms with E-state index in [4.69, 9.17) is 0 Å². The Kier molecular flexibility index (Phi) is 2.67. The quantitative estimate of drug-likeness (QED) is 0.849. The van der Waals surface area contributed by atoms with E-state index in [0.717, 1.165) is 23.4 Å². The number of hydrogen-bond donors (Lipinski definition) is 2. The van der Waals surface area contributed by atoms with Gasteiger partial charge in [0.05, 0.1) is 11.0 Å². The predicted octanol–water partition coefficient (Wildman–Crippen LogP) is 3.28. The summed E-state index contributed by atoms with van der Waals surface area (Å²) in [4.78, 5) is 8.06. The molecule has 1 aliphatic heterocycles. The van der Waals surface area contributed by atoms with E-state index in [9.17, 15) is 0 Å². The van der Waals surface area contributed by atoms with E-state index >= 15 is 0 Å². The van der Waals surface area contributed by atoms with Gasteiger partial charge in [0, 0.05) is 11.5 Å². The second-order valence-electron chi connectivity index (χ2n) is 5.87. The lowest BCUT2D eigenvalue weighted by atomic mass is 9.90. The summed E-state index contributed by atoms with van der Waals surface area (Å²) in [5.74, 6) is 1.52. The Labute approximate surface area is 108 Å². The second-order valence-corrected chi connectivity index (χ2v) is 5.87. The Morgan fingerprint density at radius 1 is 1.33 bits per heavy atom. The van der Waals surface area contributed by atoms with Crippen LogP contribution >= 0.6 is 0 Å². The molecule has 3 nitrogen and oxygen atoms in total. The highest BCUT2D eigenvalue weighted by atomic mass is 15.0. The van der Waals surface area contributed by atoms with Gasteiger partial charge in [0.25, 0.3) is 0 Å². The van der Waals surface area contributed by atoms with E-state index in [1.165, 1.54) is 18.4 Å². The number of imidazole rings is 1. The average molecular weight is 243 g/mol. The molecule has 1 aromatic heterocycles. The van der Waals surface area contributed by atoms with Crippen molar-refractivity contribution in [2.45, 2.75) is 45.1 Å². The van der Waals surface area contributed by atoms with E-state index in [-0.39, 0.29) is 5.54 Å². The molecule has 1 aromatic carbocycles. The fourth-order valence-corrected chi connectivity index (χ4v) is 2.79. The molecule has 3 heteroatoms. The molecule has 1 fully saturated rings. The van der Waals surface area contributed by atoms with Crippen LogP contribution in [0.1, 0.15) is 50.9 Å². The highest BCUT2D eigenvalue weighted by Crippen LogP contribution is 2.31. The van der Waals surface area contributed by atoms with Crippen molar-refractivity contribution >= 4 is 11.0 Å². The van der Waals surface area contributed by atoms with Crippen molar-refractivity contribution in [3.8, 4) is 0 Å². The zero-order valence-electron chi connectivity index (χ0n) is 11.4. The van der Waals surface area contributed by atoms with E-state index in [0.29, 0.717) is 5.92 Å². The highest BCUT2D eigenvalue weighted by Gasteiger charge is 2.30. The first-order valence-electron chi connectivity index (χ1n) is 6.84. The van der Waals surface area contributed by atoms with Crippen LogP contribution in [0, 0.1) is 0 Å². The van der Waals surface area contributed by atoms with Gasteiger partial charge in [0.1, 0.15) is 5.82 Å². The Bertz CT molecular complexity index is 562. The molecule has 1 atom stereocenters. The number of rotatable bonds is 2.